The molecule has 166 valence electrons. The summed E-state index contributed by atoms with van der Waals surface area (Å²) in [6, 6.07) is 5.89. The zero-order valence-corrected chi connectivity index (χ0v) is 16.9. The SMILES string of the molecule is CNC(=O)C(C)OC(=O)Cc1cc(Oc2ccc(C(F)(F)F)cc2Cl)ccc1[N+](=O)[O-]. The molecule has 0 fully saturated rings. The standard InChI is InChI=1S/C19H16ClF3N2O6/c1-10(18(27)24-2)30-17(26)8-11-7-13(4-5-15(11)25(28)29)31-16-6-3-12(9-14(16)20)19(21,22)23/h3-7,9-10H,8H2,1-2H3,(H,24,27). The Balaban J connectivity index is 2.26. The Morgan fingerprint density at radius 3 is 2.45 bits per heavy atom. The van der Waals surface area contributed by atoms with Gasteiger partial charge in [-0.3, -0.25) is 19.7 Å². The third kappa shape index (κ3) is 6.32. The van der Waals surface area contributed by atoms with E-state index in [0.717, 1.165) is 24.3 Å². The lowest BCUT2D eigenvalue weighted by molar-refractivity contribution is -0.385. The number of amides is 1. The molecule has 0 bridgehead atoms. The lowest BCUT2D eigenvalue weighted by atomic mass is 10.1. The molecule has 0 spiro atoms. The van der Waals surface area contributed by atoms with E-state index in [1.807, 2.05) is 0 Å². The molecule has 0 saturated heterocycles. The van der Waals surface area contributed by atoms with E-state index in [1.165, 1.54) is 20.0 Å². The molecule has 1 atom stereocenters. The molecule has 2 aromatic rings. The molecule has 0 saturated carbocycles. The topological polar surface area (TPSA) is 108 Å². The largest absolute Gasteiger partial charge is 0.456 e. The van der Waals surface area contributed by atoms with Crippen LogP contribution in [0.2, 0.25) is 5.02 Å². The molecule has 0 aliphatic heterocycles. The van der Waals surface area contributed by atoms with Crippen molar-refractivity contribution in [2.45, 2.75) is 25.6 Å². The Kier molecular flexibility index (Phi) is 7.45. The second-order valence-corrected chi connectivity index (χ2v) is 6.62. The smallest absolute Gasteiger partial charge is 0.416 e. The van der Waals surface area contributed by atoms with Gasteiger partial charge in [0.25, 0.3) is 11.6 Å². The number of benzene rings is 2. The molecular weight excluding hydrogens is 445 g/mol. The highest BCUT2D eigenvalue weighted by Gasteiger charge is 2.31. The minimum absolute atomic E-state index is 0.00518. The third-order valence-corrected chi connectivity index (χ3v) is 4.29. The van der Waals surface area contributed by atoms with E-state index in [2.05, 4.69) is 5.32 Å². The number of nitrogens with one attached hydrogen (secondary N) is 1. The van der Waals surface area contributed by atoms with Crippen LogP contribution in [0.15, 0.2) is 36.4 Å². The first kappa shape index (κ1) is 23.9. The van der Waals surface area contributed by atoms with E-state index in [9.17, 15) is 32.9 Å². The summed E-state index contributed by atoms with van der Waals surface area (Å²) in [4.78, 5) is 34.1. The minimum atomic E-state index is -4.59. The van der Waals surface area contributed by atoms with Crippen molar-refractivity contribution in [3.63, 3.8) is 0 Å². The number of alkyl halides is 3. The summed E-state index contributed by atoms with van der Waals surface area (Å²) in [7, 11) is 1.35. The van der Waals surface area contributed by atoms with Crippen molar-refractivity contribution in [2.24, 2.45) is 0 Å². The van der Waals surface area contributed by atoms with Gasteiger partial charge in [-0.05, 0) is 37.3 Å². The Bertz CT molecular complexity index is 1010. The van der Waals surface area contributed by atoms with Crippen LogP contribution in [-0.2, 0) is 26.9 Å². The monoisotopic (exact) mass is 460 g/mol. The van der Waals surface area contributed by atoms with E-state index >= 15 is 0 Å². The van der Waals surface area contributed by atoms with E-state index < -0.39 is 46.8 Å². The average molecular weight is 461 g/mol. The van der Waals surface area contributed by atoms with Gasteiger partial charge in [0.2, 0.25) is 0 Å². The van der Waals surface area contributed by atoms with Crippen molar-refractivity contribution in [3.8, 4) is 11.5 Å². The van der Waals surface area contributed by atoms with E-state index in [-0.39, 0.29) is 22.1 Å². The predicted octanol–water partition coefficient (Wildman–Crippen LogP) is 4.28. The summed E-state index contributed by atoms with van der Waals surface area (Å²) in [5, 5.41) is 13.2. The van der Waals surface area contributed by atoms with Crippen LogP contribution in [0.4, 0.5) is 18.9 Å². The Morgan fingerprint density at radius 2 is 1.90 bits per heavy atom. The summed E-state index contributed by atoms with van der Waals surface area (Å²) in [6.45, 7) is 1.33. The number of carbonyl (C=O) groups excluding carboxylic acids is 2. The van der Waals surface area contributed by atoms with Gasteiger partial charge >= 0.3 is 12.1 Å². The summed E-state index contributed by atoms with van der Waals surface area (Å²) < 4.78 is 48.6. The van der Waals surface area contributed by atoms with Crippen molar-refractivity contribution in [3.05, 3.63) is 62.7 Å². The molecule has 0 aliphatic carbocycles. The van der Waals surface area contributed by atoms with Crippen LogP contribution in [0.5, 0.6) is 11.5 Å². The molecule has 0 radical (unpaired) electrons. The van der Waals surface area contributed by atoms with E-state index in [0.29, 0.717) is 6.07 Å². The molecule has 2 aromatic carbocycles. The maximum Gasteiger partial charge on any atom is 0.416 e. The van der Waals surface area contributed by atoms with Crippen LogP contribution in [0.25, 0.3) is 0 Å². The van der Waals surface area contributed by atoms with Gasteiger partial charge in [-0.1, -0.05) is 11.6 Å². The van der Waals surface area contributed by atoms with Crippen molar-refractivity contribution in [1.82, 2.24) is 5.32 Å². The van der Waals surface area contributed by atoms with Gasteiger partial charge in [-0.15, -0.1) is 0 Å². The van der Waals surface area contributed by atoms with Gasteiger partial charge in [0.05, 0.1) is 21.9 Å². The van der Waals surface area contributed by atoms with Crippen LogP contribution >= 0.6 is 11.6 Å². The highest BCUT2D eigenvalue weighted by Crippen LogP contribution is 2.37. The summed E-state index contributed by atoms with van der Waals surface area (Å²) in [5.41, 5.74) is -1.46. The second kappa shape index (κ2) is 9.65. The van der Waals surface area contributed by atoms with Crippen LogP contribution in [0.3, 0.4) is 0 Å². The Hall–Kier alpha value is -3.34. The fraction of sp³-hybridized carbons (Fsp3) is 0.263. The molecule has 1 unspecified atom stereocenters. The zero-order valence-electron chi connectivity index (χ0n) is 16.2. The van der Waals surface area contributed by atoms with Gasteiger partial charge in [0.1, 0.15) is 11.5 Å². The van der Waals surface area contributed by atoms with Gasteiger partial charge in [-0.25, -0.2) is 0 Å². The molecule has 1 N–H and O–H groups in total. The minimum Gasteiger partial charge on any atom is -0.456 e. The number of hydrogen-bond donors (Lipinski definition) is 1. The number of esters is 1. The number of nitro benzene ring substituents is 1. The van der Waals surface area contributed by atoms with Gasteiger partial charge < -0.3 is 14.8 Å². The number of carbonyl (C=O) groups is 2. The fourth-order valence-electron chi connectivity index (χ4n) is 2.48. The maximum absolute atomic E-state index is 12.8. The van der Waals surface area contributed by atoms with Crippen LogP contribution in [0.1, 0.15) is 18.1 Å². The molecular formula is C19H16ClF3N2O6. The molecule has 0 heterocycles. The second-order valence-electron chi connectivity index (χ2n) is 6.22. The summed E-state index contributed by atoms with van der Waals surface area (Å²) in [5.74, 6) is -1.58. The normalized spacial score (nSPS) is 12.1. The van der Waals surface area contributed by atoms with Gasteiger partial charge in [-0.2, -0.15) is 13.2 Å². The molecule has 8 nitrogen and oxygen atoms in total. The van der Waals surface area contributed by atoms with Gasteiger partial charge in [0.15, 0.2) is 6.10 Å². The molecule has 2 rings (SSSR count). The predicted molar refractivity (Wildman–Crippen MR) is 103 cm³/mol. The number of ether oxygens (including phenoxy) is 2. The number of nitro groups is 1. The molecule has 0 aliphatic rings. The van der Waals surface area contributed by atoms with Crippen molar-refractivity contribution < 1.29 is 37.2 Å². The number of halogens is 4. The quantitative estimate of drug-likeness (QED) is 0.375. The number of nitrogens with zero attached hydrogens (tertiary/aromatic N) is 1. The lowest BCUT2D eigenvalue weighted by Gasteiger charge is -2.13. The van der Waals surface area contributed by atoms with Crippen LogP contribution < -0.4 is 10.1 Å². The first-order chi connectivity index (χ1) is 14.4. The van der Waals surface area contributed by atoms with Crippen LogP contribution in [-0.4, -0.2) is 30.0 Å². The molecule has 31 heavy (non-hydrogen) atoms. The number of hydrogen-bond acceptors (Lipinski definition) is 6. The number of likely N-dealkylation sites (N-methyl/N-ethyl adjacent to an activating group) is 1. The van der Waals surface area contributed by atoms with E-state index in [1.54, 1.807) is 0 Å². The number of rotatable bonds is 7. The highest BCUT2D eigenvalue weighted by atomic mass is 35.5. The highest BCUT2D eigenvalue weighted by molar-refractivity contribution is 6.32. The van der Waals surface area contributed by atoms with Crippen molar-refractivity contribution >= 4 is 29.2 Å². The fourth-order valence-corrected chi connectivity index (χ4v) is 2.70. The summed E-state index contributed by atoms with van der Waals surface area (Å²) in [6.07, 6.45) is -6.24. The van der Waals surface area contributed by atoms with Crippen LogP contribution in [0, 0.1) is 10.1 Å². The zero-order chi connectivity index (χ0) is 23.3. The molecule has 12 heteroatoms. The first-order valence-electron chi connectivity index (χ1n) is 8.65. The Labute approximate surface area is 179 Å². The summed E-state index contributed by atoms with van der Waals surface area (Å²) >= 11 is 5.85. The van der Waals surface area contributed by atoms with Crippen molar-refractivity contribution in [1.29, 1.82) is 0 Å². The van der Waals surface area contributed by atoms with Gasteiger partial charge in [0, 0.05) is 18.7 Å². The van der Waals surface area contributed by atoms with E-state index in [4.69, 9.17) is 21.1 Å². The first-order valence-corrected chi connectivity index (χ1v) is 9.03. The third-order valence-electron chi connectivity index (χ3n) is 3.99. The van der Waals surface area contributed by atoms with Crippen molar-refractivity contribution in [2.75, 3.05) is 7.05 Å². The average Bonchev–Trinajstić information content (AvgIpc) is 2.67. The maximum atomic E-state index is 12.8. The molecule has 1 amide bonds. The molecule has 0 aromatic heterocycles. The Morgan fingerprint density at radius 1 is 1.23 bits per heavy atom. The lowest BCUT2D eigenvalue weighted by Crippen LogP contribution is -2.33.